The van der Waals surface area contributed by atoms with Crippen molar-refractivity contribution < 1.29 is 0 Å². The summed E-state index contributed by atoms with van der Waals surface area (Å²) >= 11 is 0. The minimum atomic E-state index is 0.194. The van der Waals surface area contributed by atoms with Crippen LogP contribution in [0.2, 0.25) is 0 Å². The fourth-order valence-corrected chi connectivity index (χ4v) is 1.73. The summed E-state index contributed by atoms with van der Waals surface area (Å²) in [6, 6.07) is 0. The fourth-order valence-electron chi connectivity index (χ4n) is 1.73. The van der Waals surface area contributed by atoms with Gasteiger partial charge < -0.3 is 0 Å². The second-order valence-corrected chi connectivity index (χ2v) is 3.96. The largest absolute Gasteiger partial charge is 0.265 e. The summed E-state index contributed by atoms with van der Waals surface area (Å²) in [5, 5.41) is 11.6. The van der Waals surface area contributed by atoms with Crippen LogP contribution in [-0.4, -0.2) is 42.0 Å². The lowest BCUT2D eigenvalue weighted by Gasteiger charge is -2.31. The lowest BCUT2D eigenvalue weighted by Crippen LogP contribution is -2.53. The lowest BCUT2D eigenvalue weighted by molar-refractivity contribution is 0.597. The molecule has 3 heterocycles. The SMILES string of the molecule is CN(C(=N)N(n1ccnc1)n1ccnc1)n1ccnc1. The van der Waals surface area contributed by atoms with Crippen molar-refractivity contribution in [2.45, 2.75) is 0 Å². The zero-order valence-corrected chi connectivity index (χ0v) is 10.8. The molecule has 9 heteroatoms. The highest BCUT2D eigenvalue weighted by Crippen LogP contribution is 2.00. The van der Waals surface area contributed by atoms with Crippen molar-refractivity contribution in [2.75, 3.05) is 17.2 Å². The Balaban J connectivity index is 1.96. The van der Waals surface area contributed by atoms with Gasteiger partial charge in [0, 0.05) is 44.2 Å². The van der Waals surface area contributed by atoms with Crippen molar-refractivity contribution in [1.82, 2.24) is 29.0 Å². The third kappa shape index (κ3) is 2.00. The van der Waals surface area contributed by atoms with E-state index in [1.165, 1.54) is 0 Å². The number of hydrogen-bond acceptors (Lipinski definition) is 4. The quantitative estimate of drug-likeness (QED) is 0.530. The van der Waals surface area contributed by atoms with Gasteiger partial charge in [-0.15, -0.1) is 5.12 Å². The van der Waals surface area contributed by atoms with E-state index in [-0.39, 0.29) is 5.96 Å². The standard InChI is InChI=1S/C11H13N9/c1-16(17-5-2-13-8-17)11(12)20(18-6-3-14-9-18)19-7-4-15-10-19/h2-10,12H,1H3. The van der Waals surface area contributed by atoms with Crippen molar-refractivity contribution >= 4 is 5.96 Å². The summed E-state index contributed by atoms with van der Waals surface area (Å²) in [5.74, 6) is 0.194. The van der Waals surface area contributed by atoms with E-state index in [1.807, 2.05) is 0 Å². The van der Waals surface area contributed by atoms with Crippen molar-refractivity contribution in [2.24, 2.45) is 0 Å². The average molecular weight is 271 g/mol. The average Bonchev–Trinajstić information content (AvgIpc) is 3.21. The lowest BCUT2D eigenvalue weighted by atomic mass is 10.8. The molecule has 0 unspecified atom stereocenters. The molecule has 9 nitrogen and oxygen atoms in total. The first kappa shape index (κ1) is 12.0. The van der Waals surface area contributed by atoms with Crippen LogP contribution >= 0.6 is 0 Å². The summed E-state index contributed by atoms with van der Waals surface area (Å²) in [6.07, 6.45) is 15.0. The second kappa shape index (κ2) is 4.88. The Labute approximate surface area is 114 Å². The third-order valence-corrected chi connectivity index (χ3v) is 2.75. The molecule has 3 aromatic rings. The fraction of sp³-hybridized carbons (Fsp3) is 0.0909. The number of rotatable bonds is 3. The van der Waals surface area contributed by atoms with E-state index in [4.69, 9.17) is 5.41 Å². The smallest absolute Gasteiger partial charge is 0.253 e. The summed E-state index contributed by atoms with van der Waals surface area (Å²) < 4.78 is 5.05. The molecular weight excluding hydrogens is 258 g/mol. The summed E-state index contributed by atoms with van der Waals surface area (Å²) in [7, 11) is 1.77. The minimum absolute atomic E-state index is 0.194. The molecule has 0 bridgehead atoms. The Morgan fingerprint density at radius 2 is 1.30 bits per heavy atom. The molecule has 102 valence electrons. The highest BCUT2D eigenvalue weighted by Gasteiger charge is 2.18. The molecule has 0 aliphatic heterocycles. The molecule has 3 aromatic heterocycles. The predicted octanol–water partition coefficient (Wildman–Crippen LogP) is -0.120. The van der Waals surface area contributed by atoms with E-state index in [9.17, 15) is 0 Å². The Bertz CT molecular complexity index is 619. The molecule has 0 radical (unpaired) electrons. The van der Waals surface area contributed by atoms with E-state index in [0.29, 0.717) is 0 Å². The minimum Gasteiger partial charge on any atom is -0.265 e. The first-order valence-corrected chi connectivity index (χ1v) is 5.84. The summed E-state index contributed by atoms with van der Waals surface area (Å²) in [6.45, 7) is 0. The molecule has 0 spiro atoms. The van der Waals surface area contributed by atoms with Gasteiger partial charge in [0.2, 0.25) is 0 Å². The van der Waals surface area contributed by atoms with Crippen LogP contribution in [0.1, 0.15) is 0 Å². The topological polar surface area (TPSA) is 83.8 Å². The molecule has 20 heavy (non-hydrogen) atoms. The Kier molecular flexibility index (Phi) is 2.92. The van der Waals surface area contributed by atoms with E-state index >= 15 is 0 Å². The maximum Gasteiger partial charge on any atom is 0.253 e. The highest BCUT2D eigenvalue weighted by molar-refractivity contribution is 5.94. The van der Waals surface area contributed by atoms with Gasteiger partial charge in [0.25, 0.3) is 5.96 Å². The normalized spacial score (nSPS) is 10.4. The van der Waals surface area contributed by atoms with Crippen molar-refractivity contribution in [1.29, 1.82) is 5.41 Å². The molecular formula is C11H13N9. The van der Waals surface area contributed by atoms with Crippen molar-refractivity contribution in [3.8, 4) is 0 Å². The van der Waals surface area contributed by atoms with Gasteiger partial charge in [0.15, 0.2) is 0 Å². The molecule has 0 amide bonds. The first-order chi connectivity index (χ1) is 9.77. The summed E-state index contributed by atoms with van der Waals surface area (Å²) in [5.41, 5.74) is 0. The molecule has 0 fully saturated rings. The molecule has 0 aliphatic carbocycles. The molecule has 1 N–H and O–H groups in total. The molecule has 0 aliphatic rings. The van der Waals surface area contributed by atoms with Crippen LogP contribution in [0.4, 0.5) is 0 Å². The van der Waals surface area contributed by atoms with Gasteiger partial charge >= 0.3 is 0 Å². The summed E-state index contributed by atoms with van der Waals surface area (Å²) in [4.78, 5) is 12.0. The molecule has 0 atom stereocenters. The van der Waals surface area contributed by atoms with Crippen LogP contribution in [0, 0.1) is 5.41 Å². The zero-order chi connectivity index (χ0) is 13.9. The van der Waals surface area contributed by atoms with Crippen LogP contribution in [0.3, 0.4) is 0 Å². The van der Waals surface area contributed by atoms with E-state index in [1.54, 1.807) is 87.4 Å². The van der Waals surface area contributed by atoms with Gasteiger partial charge in [-0.25, -0.2) is 34.0 Å². The molecule has 0 saturated heterocycles. The molecule has 0 saturated carbocycles. The van der Waals surface area contributed by atoms with Crippen LogP contribution in [-0.2, 0) is 0 Å². The van der Waals surface area contributed by atoms with Gasteiger partial charge in [0.05, 0.1) is 0 Å². The monoisotopic (exact) mass is 271 g/mol. The van der Waals surface area contributed by atoms with Crippen LogP contribution in [0.15, 0.2) is 56.2 Å². The van der Waals surface area contributed by atoms with Gasteiger partial charge in [-0.2, -0.15) is 0 Å². The third-order valence-electron chi connectivity index (χ3n) is 2.75. The number of nitrogens with one attached hydrogen (secondary N) is 1. The maximum absolute atomic E-state index is 8.39. The Morgan fingerprint density at radius 1 is 0.850 bits per heavy atom. The van der Waals surface area contributed by atoms with Gasteiger partial charge in [-0.1, -0.05) is 0 Å². The van der Waals surface area contributed by atoms with Gasteiger partial charge in [-0.05, 0) is 0 Å². The van der Waals surface area contributed by atoms with Gasteiger partial charge in [-0.3, -0.25) is 5.41 Å². The second-order valence-electron chi connectivity index (χ2n) is 3.96. The number of aromatic nitrogens is 6. The Hall–Kier alpha value is -3.10. The Morgan fingerprint density at radius 3 is 1.70 bits per heavy atom. The first-order valence-electron chi connectivity index (χ1n) is 5.84. The van der Waals surface area contributed by atoms with E-state index < -0.39 is 0 Å². The number of nitrogens with zero attached hydrogens (tertiary/aromatic N) is 8. The van der Waals surface area contributed by atoms with E-state index in [2.05, 4.69) is 15.0 Å². The van der Waals surface area contributed by atoms with Crippen molar-refractivity contribution in [3.05, 3.63) is 56.2 Å². The predicted molar refractivity (Wildman–Crippen MR) is 72.2 cm³/mol. The van der Waals surface area contributed by atoms with Crippen LogP contribution in [0.25, 0.3) is 0 Å². The van der Waals surface area contributed by atoms with Crippen LogP contribution < -0.4 is 10.1 Å². The number of guanidine groups is 1. The number of imidazole rings is 3. The molecule has 3 rings (SSSR count). The highest BCUT2D eigenvalue weighted by atomic mass is 15.8. The molecule has 0 aromatic carbocycles. The number of hydrogen-bond donors (Lipinski definition) is 1. The van der Waals surface area contributed by atoms with Gasteiger partial charge in [0.1, 0.15) is 19.0 Å². The van der Waals surface area contributed by atoms with Crippen molar-refractivity contribution in [3.63, 3.8) is 0 Å². The maximum atomic E-state index is 8.39. The van der Waals surface area contributed by atoms with E-state index in [0.717, 1.165) is 0 Å². The van der Waals surface area contributed by atoms with Crippen LogP contribution in [0.5, 0.6) is 0 Å². The zero-order valence-electron chi connectivity index (χ0n) is 10.8.